The summed E-state index contributed by atoms with van der Waals surface area (Å²) in [7, 11) is 0. The van der Waals surface area contributed by atoms with Crippen LogP contribution in [0.4, 0.5) is 17.1 Å². The molecule has 0 radical (unpaired) electrons. The molecular weight excluding hydrogens is 414 g/mol. The number of benzene rings is 2. The van der Waals surface area contributed by atoms with Gasteiger partial charge in [-0.1, -0.05) is 32.0 Å². The Morgan fingerprint density at radius 3 is 2.24 bits per heavy atom. The molecule has 0 saturated carbocycles. The first kappa shape index (κ1) is 23.7. The van der Waals surface area contributed by atoms with Gasteiger partial charge < -0.3 is 10.2 Å². The van der Waals surface area contributed by atoms with Crippen LogP contribution in [0.15, 0.2) is 59.4 Å². The van der Waals surface area contributed by atoms with E-state index in [-0.39, 0.29) is 24.1 Å². The molecule has 3 rings (SSSR count). The van der Waals surface area contributed by atoms with Gasteiger partial charge in [0.1, 0.15) is 18.2 Å². The topological polar surface area (TPSA) is 91.0 Å². The first-order chi connectivity index (χ1) is 15.9. The summed E-state index contributed by atoms with van der Waals surface area (Å²) in [5.74, 6) is -0.265. The molecule has 2 aromatic carbocycles. The largest absolute Gasteiger partial charge is 0.356 e. The Labute approximate surface area is 194 Å². The van der Waals surface area contributed by atoms with E-state index in [1.165, 1.54) is 0 Å². The molecule has 0 aliphatic rings. The van der Waals surface area contributed by atoms with E-state index in [1.807, 2.05) is 88.4 Å². The first-order valence-corrected chi connectivity index (χ1v) is 11.2. The third kappa shape index (κ3) is 5.29. The molecule has 0 fully saturated rings. The minimum absolute atomic E-state index is 0.0737. The Morgan fingerprint density at radius 1 is 1.06 bits per heavy atom. The number of hydrogen-bond acceptors (Lipinski definition) is 5. The van der Waals surface area contributed by atoms with E-state index in [0.717, 1.165) is 21.7 Å². The molecule has 0 unspecified atom stereocenters. The summed E-state index contributed by atoms with van der Waals surface area (Å²) >= 11 is 0. The highest BCUT2D eigenvalue weighted by atomic mass is 16.2. The summed E-state index contributed by atoms with van der Waals surface area (Å²) in [6.07, 6.45) is 1.13. The maximum atomic E-state index is 13.3. The van der Waals surface area contributed by atoms with Crippen molar-refractivity contribution in [1.29, 1.82) is 5.26 Å². The summed E-state index contributed by atoms with van der Waals surface area (Å²) in [6.45, 7) is 7.42. The van der Waals surface area contributed by atoms with Gasteiger partial charge >= 0.3 is 0 Å². The maximum Gasteiger partial charge on any atom is 0.285 e. The Hall–Kier alpha value is -3.92. The average Bonchev–Trinajstić information content (AvgIpc) is 2.81. The summed E-state index contributed by atoms with van der Waals surface area (Å²) in [6, 6.07) is 19.3. The highest BCUT2D eigenvalue weighted by molar-refractivity contribution is 5.93. The highest BCUT2D eigenvalue weighted by Gasteiger charge is 2.22. The van der Waals surface area contributed by atoms with Crippen molar-refractivity contribution < 1.29 is 4.79 Å². The van der Waals surface area contributed by atoms with Crippen LogP contribution in [-0.2, 0) is 24.2 Å². The van der Waals surface area contributed by atoms with Crippen LogP contribution in [0.3, 0.4) is 0 Å². The third-order valence-electron chi connectivity index (χ3n) is 5.42. The molecule has 0 bridgehead atoms. The number of aryl methyl sites for hydroxylation is 1. The summed E-state index contributed by atoms with van der Waals surface area (Å²) in [5, 5.41) is 17.2. The number of rotatable bonds is 8. The van der Waals surface area contributed by atoms with Crippen molar-refractivity contribution in [3.05, 3.63) is 81.8 Å². The van der Waals surface area contributed by atoms with Crippen LogP contribution in [0.5, 0.6) is 0 Å². The fourth-order valence-corrected chi connectivity index (χ4v) is 3.87. The van der Waals surface area contributed by atoms with E-state index < -0.39 is 5.56 Å². The summed E-state index contributed by atoms with van der Waals surface area (Å²) in [5.41, 5.74) is 3.49. The zero-order chi connectivity index (χ0) is 24.0. The van der Waals surface area contributed by atoms with Crippen LogP contribution in [0, 0.1) is 11.3 Å². The zero-order valence-corrected chi connectivity index (χ0v) is 19.5. The molecule has 1 heterocycles. The van der Waals surface area contributed by atoms with Gasteiger partial charge in [-0.25, -0.2) is 4.68 Å². The number of para-hydroxylation sites is 1. The molecule has 0 aliphatic heterocycles. The van der Waals surface area contributed by atoms with Gasteiger partial charge in [0.25, 0.3) is 5.56 Å². The highest BCUT2D eigenvalue weighted by Crippen LogP contribution is 2.23. The molecule has 0 aliphatic carbocycles. The summed E-state index contributed by atoms with van der Waals surface area (Å²) < 4.78 is 1.12. The molecule has 7 nitrogen and oxygen atoms in total. The first-order valence-electron chi connectivity index (χ1n) is 11.2. The van der Waals surface area contributed by atoms with Crippen molar-refractivity contribution >= 4 is 23.0 Å². The second-order valence-corrected chi connectivity index (χ2v) is 7.98. The Kier molecular flexibility index (Phi) is 7.62. The minimum atomic E-state index is -0.522. The fraction of sp³-hybridized carbons (Fsp3) is 0.308. The predicted molar refractivity (Wildman–Crippen MR) is 131 cm³/mol. The molecule has 170 valence electrons. The van der Waals surface area contributed by atoms with Gasteiger partial charge in [-0.3, -0.25) is 9.59 Å². The lowest BCUT2D eigenvalue weighted by molar-refractivity contribution is -0.119. The van der Waals surface area contributed by atoms with Crippen LogP contribution in [-0.4, -0.2) is 21.7 Å². The van der Waals surface area contributed by atoms with Gasteiger partial charge in [0.2, 0.25) is 5.91 Å². The molecule has 1 aromatic heterocycles. The quantitative estimate of drug-likeness (QED) is 0.556. The van der Waals surface area contributed by atoms with Gasteiger partial charge in [0, 0.05) is 23.1 Å². The van der Waals surface area contributed by atoms with E-state index in [4.69, 9.17) is 0 Å². The number of hydrogen-bond donors (Lipinski definition) is 1. The standard InChI is InChI=1S/C26H29N5O2/c1-5-22-23(16-27)26(33)30(29-24(22)6-2)17-25(32)31(18(3)4)21-14-12-20(13-15-21)28-19-10-8-7-9-11-19/h7-15,18,28H,5-6,17H2,1-4H3. The number of carbonyl (C=O) groups is 1. The number of nitrogens with one attached hydrogen (secondary N) is 1. The maximum absolute atomic E-state index is 13.3. The van der Waals surface area contributed by atoms with E-state index in [0.29, 0.717) is 24.1 Å². The summed E-state index contributed by atoms with van der Waals surface area (Å²) in [4.78, 5) is 27.7. The van der Waals surface area contributed by atoms with Crippen LogP contribution in [0.2, 0.25) is 0 Å². The van der Waals surface area contributed by atoms with Crippen molar-refractivity contribution in [3.8, 4) is 6.07 Å². The number of amides is 1. The number of nitriles is 1. The second-order valence-electron chi connectivity index (χ2n) is 7.98. The van der Waals surface area contributed by atoms with E-state index >= 15 is 0 Å². The second kappa shape index (κ2) is 10.6. The Balaban J connectivity index is 1.87. The molecule has 0 saturated heterocycles. The van der Waals surface area contributed by atoms with Gasteiger partial charge in [-0.05, 0) is 68.7 Å². The van der Waals surface area contributed by atoms with Gasteiger partial charge in [-0.2, -0.15) is 10.4 Å². The molecule has 1 amide bonds. The monoisotopic (exact) mass is 443 g/mol. The zero-order valence-electron chi connectivity index (χ0n) is 19.5. The van der Waals surface area contributed by atoms with Crippen molar-refractivity contribution in [3.63, 3.8) is 0 Å². The van der Waals surface area contributed by atoms with Gasteiger partial charge in [-0.15, -0.1) is 0 Å². The fourth-order valence-electron chi connectivity index (χ4n) is 3.87. The van der Waals surface area contributed by atoms with E-state index in [9.17, 15) is 14.9 Å². The normalized spacial score (nSPS) is 10.7. The number of nitrogens with zero attached hydrogens (tertiary/aromatic N) is 4. The van der Waals surface area contributed by atoms with E-state index in [1.54, 1.807) is 4.90 Å². The SMILES string of the molecule is CCc1nn(CC(=O)N(c2ccc(Nc3ccccc3)cc2)C(C)C)c(=O)c(C#N)c1CC. The van der Waals surface area contributed by atoms with Crippen LogP contribution < -0.4 is 15.8 Å². The van der Waals surface area contributed by atoms with Crippen molar-refractivity contribution in [2.24, 2.45) is 0 Å². The lowest BCUT2D eigenvalue weighted by Crippen LogP contribution is -2.42. The van der Waals surface area contributed by atoms with Crippen LogP contribution in [0.25, 0.3) is 0 Å². The molecular formula is C26H29N5O2. The van der Waals surface area contributed by atoms with Crippen molar-refractivity contribution in [2.75, 3.05) is 10.2 Å². The van der Waals surface area contributed by atoms with Crippen LogP contribution in [0.1, 0.15) is 44.5 Å². The van der Waals surface area contributed by atoms with Crippen molar-refractivity contribution in [1.82, 2.24) is 9.78 Å². The smallest absolute Gasteiger partial charge is 0.285 e. The third-order valence-corrected chi connectivity index (χ3v) is 5.42. The van der Waals surface area contributed by atoms with E-state index in [2.05, 4.69) is 10.4 Å². The average molecular weight is 444 g/mol. The van der Waals surface area contributed by atoms with Crippen LogP contribution >= 0.6 is 0 Å². The van der Waals surface area contributed by atoms with Crippen molar-refractivity contribution in [2.45, 2.75) is 53.1 Å². The number of aromatic nitrogens is 2. The Bertz CT molecular complexity index is 1210. The number of anilines is 3. The predicted octanol–water partition coefficient (Wildman–Crippen LogP) is 4.42. The van der Waals surface area contributed by atoms with Gasteiger partial charge in [0.05, 0.1) is 5.69 Å². The molecule has 0 atom stereocenters. The molecule has 33 heavy (non-hydrogen) atoms. The lowest BCUT2D eigenvalue weighted by Gasteiger charge is -2.27. The molecule has 0 spiro atoms. The number of carbonyl (C=O) groups excluding carboxylic acids is 1. The lowest BCUT2D eigenvalue weighted by atomic mass is 10.0. The molecule has 7 heteroatoms. The minimum Gasteiger partial charge on any atom is -0.356 e. The van der Waals surface area contributed by atoms with Gasteiger partial charge in [0.15, 0.2) is 0 Å². The molecule has 3 aromatic rings. The molecule has 1 N–H and O–H groups in total. The Morgan fingerprint density at radius 2 is 1.70 bits per heavy atom.